The minimum Gasteiger partial charge on any atom is -0.484 e. The molecule has 7 heteroatoms. The van der Waals surface area contributed by atoms with Crippen molar-refractivity contribution in [2.24, 2.45) is 5.10 Å². The number of amides is 1. The van der Waals surface area contributed by atoms with Crippen LogP contribution < -0.4 is 10.2 Å². The molecule has 0 aliphatic rings. The summed E-state index contributed by atoms with van der Waals surface area (Å²) in [6.07, 6.45) is 1.40. The van der Waals surface area contributed by atoms with Gasteiger partial charge in [-0.05, 0) is 54.8 Å². The number of hydrogen-bond donors (Lipinski definition) is 1. The van der Waals surface area contributed by atoms with Crippen LogP contribution in [-0.2, 0) is 4.79 Å². The van der Waals surface area contributed by atoms with E-state index in [0.717, 1.165) is 11.1 Å². The van der Waals surface area contributed by atoms with Crippen LogP contribution in [0.2, 0.25) is 0 Å². The lowest BCUT2D eigenvalue weighted by molar-refractivity contribution is -0.384. The number of nitro groups is 1. The number of carbonyl (C=O) groups is 1. The van der Waals surface area contributed by atoms with Crippen molar-refractivity contribution >= 4 is 17.8 Å². The van der Waals surface area contributed by atoms with E-state index in [4.69, 9.17) is 4.74 Å². The topological polar surface area (TPSA) is 93.8 Å². The second-order valence-corrected chi connectivity index (χ2v) is 5.18. The van der Waals surface area contributed by atoms with Gasteiger partial charge >= 0.3 is 0 Å². The number of hydrazone groups is 1. The molecule has 2 aromatic rings. The van der Waals surface area contributed by atoms with Gasteiger partial charge < -0.3 is 4.74 Å². The highest BCUT2D eigenvalue weighted by atomic mass is 16.6. The van der Waals surface area contributed by atoms with Crippen LogP contribution in [0.25, 0.3) is 0 Å². The number of carbonyl (C=O) groups excluding carboxylic acids is 1. The molecular formula is C17H17N3O4. The maximum Gasteiger partial charge on any atom is 0.277 e. The Morgan fingerprint density at radius 2 is 1.92 bits per heavy atom. The second kappa shape index (κ2) is 7.87. The molecule has 0 fully saturated rings. The van der Waals surface area contributed by atoms with Crippen molar-refractivity contribution in [3.8, 4) is 5.75 Å². The second-order valence-electron chi connectivity index (χ2n) is 5.18. The van der Waals surface area contributed by atoms with E-state index in [1.54, 1.807) is 18.2 Å². The van der Waals surface area contributed by atoms with Gasteiger partial charge in [0.15, 0.2) is 6.61 Å². The van der Waals surface area contributed by atoms with Gasteiger partial charge in [-0.3, -0.25) is 14.9 Å². The zero-order valence-electron chi connectivity index (χ0n) is 13.4. The van der Waals surface area contributed by atoms with Crippen LogP contribution in [0.5, 0.6) is 5.75 Å². The predicted octanol–water partition coefficient (Wildman–Crippen LogP) is 2.74. The van der Waals surface area contributed by atoms with Crippen LogP contribution in [0.4, 0.5) is 5.69 Å². The number of rotatable bonds is 6. The van der Waals surface area contributed by atoms with Gasteiger partial charge in [0, 0.05) is 12.1 Å². The molecule has 1 amide bonds. The molecule has 124 valence electrons. The Labute approximate surface area is 139 Å². The quantitative estimate of drug-likeness (QED) is 0.501. The molecule has 0 aliphatic heterocycles. The Morgan fingerprint density at radius 3 is 2.54 bits per heavy atom. The fraction of sp³-hybridized carbons (Fsp3) is 0.176. The van der Waals surface area contributed by atoms with Crippen molar-refractivity contribution in [1.29, 1.82) is 0 Å². The van der Waals surface area contributed by atoms with E-state index in [1.165, 1.54) is 18.3 Å². The van der Waals surface area contributed by atoms with Gasteiger partial charge in [0.05, 0.1) is 11.1 Å². The maximum absolute atomic E-state index is 11.7. The summed E-state index contributed by atoms with van der Waals surface area (Å²) in [6, 6.07) is 11.4. The molecule has 0 saturated heterocycles. The zero-order chi connectivity index (χ0) is 17.5. The summed E-state index contributed by atoms with van der Waals surface area (Å²) in [5.41, 5.74) is 5.21. The summed E-state index contributed by atoms with van der Waals surface area (Å²) in [5.74, 6) is 0.221. The normalized spacial score (nSPS) is 10.6. The van der Waals surface area contributed by atoms with Gasteiger partial charge in [-0.15, -0.1) is 0 Å². The molecule has 0 unspecified atom stereocenters. The summed E-state index contributed by atoms with van der Waals surface area (Å²) in [4.78, 5) is 21.7. The lowest BCUT2D eigenvalue weighted by Gasteiger charge is -2.07. The van der Waals surface area contributed by atoms with E-state index < -0.39 is 10.8 Å². The molecule has 7 nitrogen and oxygen atoms in total. The summed E-state index contributed by atoms with van der Waals surface area (Å²) < 4.78 is 5.39. The molecule has 0 spiro atoms. The number of ether oxygens (including phenoxy) is 1. The van der Waals surface area contributed by atoms with Gasteiger partial charge in [0.1, 0.15) is 5.75 Å². The van der Waals surface area contributed by atoms with Gasteiger partial charge in [-0.25, -0.2) is 5.43 Å². The average Bonchev–Trinajstić information content (AvgIpc) is 2.56. The van der Waals surface area contributed by atoms with Crippen molar-refractivity contribution in [3.63, 3.8) is 0 Å². The predicted molar refractivity (Wildman–Crippen MR) is 90.2 cm³/mol. The van der Waals surface area contributed by atoms with Crippen LogP contribution in [0, 0.1) is 24.0 Å². The molecule has 0 saturated carbocycles. The van der Waals surface area contributed by atoms with Crippen molar-refractivity contribution in [2.45, 2.75) is 13.8 Å². The highest BCUT2D eigenvalue weighted by Gasteiger charge is 2.04. The number of nitrogens with zero attached hydrogens (tertiary/aromatic N) is 2. The van der Waals surface area contributed by atoms with E-state index in [0.29, 0.717) is 11.3 Å². The van der Waals surface area contributed by atoms with Gasteiger partial charge in [-0.1, -0.05) is 6.07 Å². The largest absolute Gasteiger partial charge is 0.484 e. The Balaban J connectivity index is 1.81. The number of benzene rings is 2. The molecular weight excluding hydrogens is 310 g/mol. The fourth-order valence-corrected chi connectivity index (χ4v) is 1.85. The van der Waals surface area contributed by atoms with Crippen molar-refractivity contribution in [2.75, 3.05) is 6.61 Å². The third-order valence-electron chi connectivity index (χ3n) is 3.36. The molecule has 0 bridgehead atoms. The smallest absolute Gasteiger partial charge is 0.277 e. The monoisotopic (exact) mass is 327 g/mol. The molecule has 0 aromatic heterocycles. The van der Waals surface area contributed by atoms with Crippen molar-refractivity contribution in [1.82, 2.24) is 5.43 Å². The lowest BCUT2D eigenvalue weighted by atomic mass is 10.1. The first-order chi connectivity index (χ1) is 11.5. The number of aryl methyl sites for hydroxylation is 2. The third-order valence-corrected chi connectivity index (χ3v) is 3.36. The fourth-order valence-electron chi connectivity index (χ4n) is 1.85. The van der Waals surface area contributed by atoms with E-state index in [-0.39, 0.29) is 12.3 Å². The minimum atomic E-state index is -0.479. The summed E-state index contributed by atoms with van der Waals surface area (Å²) >= 11 is 0. The molecule has 1 N–H and O–H groups in total. The maximum atomic E-state index is 11.7. The van der Waals surface area contributed by atoms with Crippen LogP contribution in [0.1, 0.15) is 16.7 Å². The van der Waals surface area contributed by atoms with Crippen molar-refractivity contribution < 1.29 is 14.5 Å². The summed E-state index contributed by atoms with van der Waals surface area (Å²) in [5, 5.41) is 14.3. The summed E-state index contributed by atoms with van der Waals surface area (Å²) in [6.45, 7) is 3.82. The number of nitro benzene ring substituents is 1. The minimum absolute atomic E-state index is 0.00187. The highest BCUT2D eigenvalue weighted by Crippen LogP contribution is 2.16. The Bertz CT molecular complexity index is 770. The van der Waals surface area contributed by atoms with Crippen LogP contribution in [0.15, 0.2) is 47.6 Å². The zero-order valence-corrected chi connectivity index (χ0v) is 13.4. The lowest BCUT2D eigenvalue weighted by Crippen LogP contribution is -2.24. The molecule has 0 radical (unpaired) electrons. The molecule has 2 aromatic carbocycles. The number of nitrogens with one attached hydrogen (secondary N) is 1. The number of non-ortho nitro benzene ring substituents is 1. The van der Waals surface area contributed by atoms with Crippen LogP contribution in [0.3, 0.4) is 0 Å². The molecule has 2 rings (SSSR count). The SMILES string of the molecule is Cc1ccc(OCC(=O)NN=Cc2ccc([N+](=O)[O-])cc2)cc1C. The van der Waals surface area contributed by atoms with Crippen LogP contribution >= 0.6 is 0 Å². The van der Waals surface area contributed by atoms with E-state index >= 15 is 0 Å². The molecule has 0 aliphatic carbocycles. The van der Waals surface area contributed by atoms with Gasteiger partial charge in [-0.2, -0.15) is 5.10 Å². The standard InChI is InChI=1S/C17H17N3O4/c1-12-3-8-16(9-13(12)2)24-11-17(21)19-18-10-14-4-6-15(7-5-14)20(22)23/h3-10H,11H2,1-2H3,(H,19,21). The Hall–Kier alpha value is -3.22. The first kappa shape index (κ1) is 17.1. The van der Waals surface area contributed by atoms with Crippen LogP contribution in [-0.4, -0.2) is 23.7 Å². The average molecular weight is 327 g/mol. The van der Waals surface area contributed by atoms with E-state index in [9.17, 15) is 14.9 Å². The molecule has 0 atom stereocenters. The number of hydrogen-bond acceptors (Lipinski definition) is 5. The third kappa shape index (κ3) is 4.91. The molecule has 24 heavy (non-hydrogen) atoms. The van der Waals surface area contributed by atoms with E-state index in [2.05, 4.69) is 10.5 Å². The highest BCUT2D eigenvalue weighted by molar-refractivity contribution is 5.83. The first-order valence-electron chi connectivity index (χ1n) is 7.22. The molecule has 0 heterocycles. The Kier molecular flexibility index (Phi) is 5.62. The Morgan fingerprint density at radius 1 is 1.21 bits per heavy atom. The van der Waals surface area contributed by atoms with Gasteiger partial charge in [0.25, 0.3) is 11.6 Å². The first-order valence-corrected chi connectivity index (χ1v) is 7.22. The van der Waals surface area contributed by atoms with Gasteiger partial charge in [0.2, 0.25) is 0 Å². The summed E-state index contributed by atoms with van der Waals surface area (Å²) in [7, 11) is 0. The van der Waals surface area contributed by atoms with Crippen molar-refractivity contribution in [3.05, 3.63) is 69.3 Å². The van der Waals surface area contributed by atoms with E-state index in [1.807, 2.05) is 26.0 Å².